The first-order chi connectivity index (χ1) is 11.9. The van der Waals surface area contributed by atoms with Crippen LogP contribution in [0, 0.1) is 22.5 Å². The van der Waals surface area contributed by atoms with E-state index in [2.05, 4.69) is 0 Å². The smallest absolute Gasteiger partial charge is 0.285 e. The molecular weight excluding hydrogens is 320 g/mol. The molecule has 0 N–H and O–H groups in total. The maximum Gasteiger partial charge on any atom is 0.285 e. The zero-order valence-corrected chi connectivity index (χ0v) is 15.2. The Bertz CT molecular complexity index is 682. The highest BCUT2D eigenvalue weighted by atomic mass is 16.6. The lowest BCUT2D eigenvalue weighted by Gasteiger charge is -2.56. The van der Waals surface area contributed by atoms with Crippen molar-refractivity contribution in [2.75, 3.05) is 13.7 Å². The Morgan fingerprint density at radius 1 is 1.40 bits per heavy atom. The monoisotopic (exact) mass is 346 g/mol. The Morgan fingerprint density at radius 2 is 2.08 bits per heavy atom. The third kappa shape index (κ3) is 2.82. The normalized spacial score (nSPS) is 24.1. The Labute approximate surface area is 148 Å². The van der Waals surface area contributed by atoms with Gasteiger partial charge in [0, 0.05) is 30.7 Å². The van der Waals surface area contributed by atoms with Crippen LogP contribution in [0.5, 0.6) is 0 Å². The number of nitrogens with zero attached hydrogens (tertiary/aromatic N) is 2. The average Bonchev–Trinajstić information content (AvgIpc) is 3.09. The summed E-state index contributed by atoms with van der Waals surface area (Å²) < 4.78 is 5.92. The van der Waals surface area contributed by atoms with Gasteiger partial charge in [0.15, 0.2) is 0 Å². The number of hydrogen-bond donors (Lipinski definition) is 0. The summed E-state index contributed by atoms with van der Waals surface area (Å²) in [5.74, 6) is -0.262. The number of carbonyl (C=O) groups excluding carboxylic acids is 1. The topological polar surface area (TPSA) is 72.7 Å². The quantitative estimate of drug-likeness (QED) is 0.602. The van der Waals surface area contributed by atoms with E-state index in [1.807, 2.05) is 6.92 Å². The van der Waals surface area contributed by atoms with Gasteiger partial charge in [-0.1, -0.05) is 25.0 Å². The highest BCUT2D eigenvalue weighted by Gasteiger charge is 2.59. The minimum Gasteiger partial charge on any atom is -0.378 e. The first kappa shape index (κ1) is 17.9. The van der Waals surface area contributed by atoms with Crippen LogP contribution >= 0.6 is 0 Å². The lowest BCUT2D eigenvalue weighted by Crippen LogP contribution is -2.64. The molecule has 0 bridgehead atoms. The maximum atomic E-state index is 13.0. The van der Waals surface area contributed by atoms with E-state index in [4.69, 9.17) is 4.74 Å². The van der Waals surface area contributed by atoms with E-state index in [0.717, 1.165) is 32.1 Å². The van der Waals surface area contributed by atoms with E-state index in [1.165, 1.54) is 0 Å². The first-order valence-electron chi connectivity index (χ1n) is 9.05. The van der Waals surface area contributed by atoms with Gasteiger partial charge in [-0.15, -0.1) is 0 Å². The molecule has 1 aromatic carbocycles. The number of nitro benzene ring substituents is 1. The van der Waals surface area contributed by atoms with Crippen LogP contribution in [0.4, 0.5) is 5.69 Å². The SMILES string of the molecule is CCO[C@H]1C[C@@H](N(C)C(=O)c2cccc(C)c2[N+](=O)[O-])C12CCCC2. The number of amides is 1. The number of nitro groups is 1. The molecule has 136 valence electrons. The Kier molecular flexibility index (Phi) is 4.82. The number of carbonyl (C=O) groups is 1. The average molecular weight is 346 g/mol. The fraction of sp³-hybridized carbons (Fsp3) is 0.632. The molecule has 2 atom stereocenters. The lowest BCUT2D eigenvalue weighted by molar-refractivity contribution is -0.385. The summed E-state index contributed by atoms with van der Waals surface area (Å²) in [4.78, 5) is 25.7. The molecule has 2 saturated carbocycles. The van der Waals surface area contributed by atoms with Gasteiger partial charge in [0.05, 0.1) is 11.0 Å². The van der Waals surface area contributed by atoms with Crippen molar-refractivity contribution in [3.63, 3.8) is 0 Å². The van der Waals surface area contributed by atoms with Crippen LogP contribution in [0.1, 0.15) is 54.9 Å². The van der Waals surface area contributed by atoms with Crippen LogP contribution < -0.4 is 0 Å². The maximum absolute atomic E-state index is 13.0. The second kappa shape index (κ2) is 6.75. The summed E-state index contributed by atoms with van der Waals surface area (Å²) in [5.41, 5.74) is 0.639. The molecule has 2 aliphatic carbocycles. The molecule has 1 amide bonds. The van der Waals surface area contributed by atoms with Gasteiger partial charge in [0.25, 0.3) is 11.6 Å². The van der Waals surface area contributed by atoms with Crippen molar-refractivity contribution in [2.45, 2.75) is 58.1 Å². The van der Waals surface area contributed by atoms with Gasteiger partial charge in [-0.3, -0.25) is 14.9 Å². The molecule has 6 nitrogen and oxygen atoms in total. The molecule has 3 rings (SSSR count). The van der Waals surface area contributed by atoms with Crippen LogP contribution in [0.3, 0.4) is 0 Å². The number of ether oxygens (including phenoxy) is 1. The van der Waals surface area contributed by atoms with Crippen LogP contribution in [-0.2, 0) is 4.74 Å². The molecule has 6 heteroatoms. The third-order valence-corrected chi connectivity index (χ3v) is 6.08. The molecular formula is C19H26N2O4. The van der Waals surface area contributed by atoms with Crippen molar-refractivity contribution in [3.05, 3.63) is 39.4 Å². The van der Waals surface area contributed by atoms with Crippen LogP contribution in [-0.4, -0.2) is 41.5 Å². The molecule has 0 radical (unpaired) electrons. The largest absolute Gasteiger partial charge is 0.378 e. The number of aryl methyl sites for hydroxylation is 1. The van der Waals surface area contributed by atoms with Crippen molar-refractivity contribution in [2.24, 2.45) is 5.41 Å². The van der Waals surface area contributed by atoms with E-state index in [0.29, 0.717) is 12.2 Å². The summed E-state index contributed by atoms with van der Waals surface area (Å²) in [7, 11) is 1.78. The molecule has 0 saturated heterocycles. The highest BCUT2D eigenvalue weighted by molar-refractivity contribution is 5.98. The first-order valence-corrected chi connectivity index (χ1v) is 9.05. The zero-order valence-electron chi connectivity index (χ0n) is 15.2. The number of hydrogen-bond acceptors (Lipinski definition) is 4. The molecule has 1 spiro atoms. The van der Waals surface area contributed by atoms with E-state index >= 15 is 0 Å². The van der Waals surface area contributed by atoms with Crippen molar-refractivity contribution in [1.82, 2.24) is 4.90 Å². The molecule has 0 heterocycles. The molecule has 0 aliphatic heterocycles. The second-order valence-corrected chi connectivity index (χ2v) is 7.28. The fourth-order valence-corrected chi connectivity index (χ4v) is 4.80. The zero-order chi connectivity index (χ0) is 18.2. The molecule has 2 aliphatic rings. The van der Waals surface area contributed by atoms with Crippen LogP contribution in [0.15, 0.2) is 18.2 Å². The van der Waals surface area contributed by atoms with Crippen molar-refractivity contribution >= 4 is 11.6 Å². The number of rotatable bonds is 5. The summed E-state index contributed by atoms with van der Waals surface area (Å²) in [6.07, 6.45) is 5.47. The minimum atomic E-state index is -0.453. The van der Waals surface area contributed by atoms with Crippen molar-refractivity contribution in [1.29, 1.82) is 0 Å². The van der Waals surface area contributed by atoms with E-state index < -0.39 is 4.92 Å². The summed E-state index contributed by atoms with van der Waals surface area (Å²) in [5, 5.41) is 11.4. The van der Waals surface area contributed by atoms with E-state index in [9.17, 15) is 14.9 Å². The van der Waals surface area contributed by atoms with Gasteiger partial charge >= 0.3 is 0 Å². The van der Waals surface area contributed by atoms with Crippen molar-refractivity contribution in [3.8, 4) is 0 Å². The molecule has 0 unspecified atom stereocenters. The van der Waals surface area contributed by atoms with E-state index in [1.54, 1.807) is 37.1 Å². The van der Waals surface area contributed by atoms with Gasteiger partial charge in [0.1, 0.15) is 5.56 Å². The molecule has 1 aromatic rings. The van der Waals surface area contributed by atoms with Gasteiger partial charge in [-0.25, -0.2) is 0 Å². The fourth-order valence-electron chi connectivity index (χ4n) is 4.80. The van der Waals surface area contributed by atoms with Gasteiger partial charge in [-0.05, 0) is 39.2 Å². The van der Waals surface area contributed by atoms with E-state index in [-0.39, 0.29) is 34.7 Å². The third-order valence-electron chi connectivity index (χ3n) is 6.08. The number of benzene rings is 1. The van der Waals surface area contributed by atoms with Gasteiger partial charge in [0.2, 0.25) is 0 Å². The predicted molar refractivity (Wildman–Crippen MR) is 94.6 cm³/mol. The Hall–Kier alpha value is -1.95. The Morgan fingerprint density at radius 3 is 2.68 bits per heavy atom. The van der Waals surface area contributed by atoms with Crippen molar-refractivity contribution < 1.29 is 14.5 Å². The Balaban J connectivity index is 1.87. The second-order valence-electron chi connectivity index (χ2n) is 7.28. The standard InChI is InChI=1S/C19H26N2O4/c1-4-25-16-12-15(19(16)10-5-6-11-19)20(3)18(22)14-9-7-8-13(2)17(14)21(23)24/h7-9,15-16H,4-6,10-12H2,1-3H3/t15-,16+/m1/s1. The molecule has 0 aromatic heterocycles. The summed E-state index contributed by atoms with van der Waals surface area (Å²) >= 11 is 0. The number of para-hydroxylation sites is 1. The lowest BCUT2D eigenvalue weighted by atomic mass is 9.60. The molecule has 2 fully saturated rings. The summed E-state index contributed by atoms with van der Waals surface area (Å²) in [6, 6.07) is 5.03. The van der Waals surface area contributed by atoms with Crippen LogP contribution in [0.25, 0.3) is 0 Å². The van der Waals surface area contributed by atoms with Gasteiger partial charge in [-0.2, -0.15) is 0 Å². The highest BCUT2D eigenvalue weighted by Crippen LogP contribution is 2.56. The predicted octanol–water partition coefficient (Wildman–Crippen LogP) is 3.71. The van der Waals surface area contributed by atoms with Gasteiger partial charge < -0.3 is 9.64 Å². The summed E-state index contributed by atoms with van der Waals surface area (Å²) in [6.45, 7) is 4.35. The van der Waals surface area contributed by atoms with Crippen LogP contribution in [0.2, 0.25) is 0 Å². The minimum absolute atomic E-state index is 0.0268. The molecule has 25 heavy (non-hydrogen) atoms.